The van der Waals surface area contributed by atoms with Crippen LogP contribution in [0.2, 0.25) is 0 Å². The van der Waals surface area contributed by atoms with Crippen LogP contribution in [0.25, 0.3) is 16.8 Å². The fraction of sp³-hybridized carbons (Fsp3) is 0.103. The molecule has 0 aromatic heterocycles. The van der Waals surface area contributed by atoms with Gasteiger partial charge in [0.1, 0.15) is 0 Å². The highest BCUT2D eigenvalue weighted by Crippen LogP contribution is 2.43. The molecule has 5 rings (SSSR count). The van der Waals surface area contributed by atoms with Gasteiger partial charge >= 0.3 is 0 Å². The van der Waals surface area contributed by atoms with E-state index in [4.69, 9.17) is 0 Å². The van der Waals surface area contributed by atoms with Crippen LogP contribution in [0.3, 0.4) is 0 Å². The average molecular weight is 370 g/mol. The van der Waals surface area contributed by atoms with Crippen LogP contribution in [0, 0.1) is 11.8 Å². The molecule has 0 saturated carbocycles. The first-order valence-corrected chi connectivity index (χ1v) is 10.1. The molecule has 0 bridgehead atoms. The van der Waals surface area contributed by atoms with Gasteiger partial charge in [0.25, 0.3) is 0 Å². The second-order valence-electron chi connectivity index (χ2n) is 7.66. The topological polar surface area (TPSA) is 0 Å². The van der Waals surface area contributed by atoms with Gasteiger partial charge in [-0.2, -0.15) is 0 Å². The summed E-state index contributed by atoms with van der Waals surface area (Å²) in [5.41, 5.74) is 6.32. The number of hydrogen-bond acceptors (Lipinski definition) is 0. The maximum atomic E-state index is 3.17. The van der Waals surface area contributed by atoms with Crippen molar-refractivity contribution in [1.82, 2.24) is 0 Å². The third-order valence-electron chi connectivity index (χ3n) is 6.00. The van der Waals surface area contributed by atoms with Crippen molar-refractivity contribution in [1.29, 1.82) is 0 Å². The van der Waals surface area contributed by atoms with Crippen LogP contribution in [-0.2, 0) is 11.8 Å². The van der Waals surface area contributed by atoms with E-state index in [1.807, 2.05) is 6.92 Å². The van der Waals surface area contributed by atoms with E-state index < -0.39 is 0 Å². The van der Waals surface area contributed by atoms with Gasteiger partial charge in [-0.15, -0.1) is 5.92 Å². The van der Waals surface area contributed by atoms with Gasteiger partial charge in [-0.1, -0.05) is 96.9 Å². The monoisotopic (exact) mass is 370 g/mol. The number of allylic oxidation sites excluding steroid dienone is 1. The Balaban J connectivity index is 1.69. The van der Waals surface area contributed by atoms with Gasteiger partial charge in [-0.25, -0.2) is 0 Å². The summed E-state index contributed by atoms with van der Waals surface area (Å²) in [4.78, 5) is 0. The van der Waals surface area contributed by atoms with Crippen molar-refractivity contribution in [2.24, 2.45) is 0 Å². The lowest BCUT2D eigenvalue weighted by Gasteiger charge is -2.36. The summed E-state index contributed by atoms with van der Waals surface area (Å²) in [5.74, 6) is 6.16. The van der Waals surface area contributed by atoms with Crippen LogP contribution >= 0.6 is 0 Å². The summed E-state index contributed by atoms with van der Waals surface area (Å²) in [6, 6.07) is 32.8. The Morgan fingerprint density at radius 3 is 2.10 bits per heavy atom. The number of hydrogen-bond donors (Lipinski definition) is 0. The van der Waals surface area contributed by atoms with Gasteiger partial charge in [0.15, 0.2) is 0 Å². The molecule has 1 aliphatic rings. The summed E-state index contributed by atoms with van der Waals surface area (Å²) < 4.78 is 0. The number of rotatable bonds is 2. The molecular formula is C29H22. The lowest BCUT2D eigenvalue weighted by atomic mass is 9.67. The molecule has 1 aliphatic carbocycles. The van der Waals surface area contributed by atoms with E-state index in [1.165, 1.54) is 33.0 Å². The summed E-state index contributed by atoms with van der Waals surface area (Å²) in [6.45, 7) is 1.88. The van der Waals surface area contributed by atoms with Gasteiger partial charge in [-0.3, -0.25) is 0 Å². The molecule has 4 aromatic carbocycles. The van der Waals surface area contributed by atoms with Gasteiger partial charge in [0.2, 0.25) is 0 Å². The van der Waals surface area contributed by atoms with E-state index in [0.29, 0.717) is 0 Å². The molecular weight excluding hydrogens is 348 g/mol. The van der Waals surface area contributed by atoms with Crippen LogP contribution in [0.5, 0.6) is 0 Å². The molecule has 0 unspecified atom stereocenters. The second kappa shape index (κ2) is 7.12. The minimum atomic E-state index is -0.142. The zero-order valence-electron chi connectivity index (χ0n) is 16.5. The van der Waals surface area contributed by atoms with Gasteiger partial charge in [0.05, 0.1) is 0 Å². The summed E-state index contributed by atoms with van der Waals surface area (Å²) in [5, 5.41) is 2.55. The second-order valence-corrected chi connectivity index (χ2v) is 7.66. The highest BCUT2D eigenvalue weighted by atomic mass is 14.4. The molecule has 0 N–H and O–H groups in total. The minimum absolute atomic E-state index is 0.142. The van der Waals surface area contributed by atoms with E-state index in [-0.39, 0.29) is 5.41 Å². The quantitative estimate of drug-likeness (QED) is 0.342. The smallest absolute Gasteiger partial charge is 0.0425 e. The van der Waals surface area contributed by atoms with Crippen LogP contribution in [-0.4, -0.2) is 0 Å². The third-order valence-corrected chi connectivity index (χ3v) is 6.00. The van der Waals surface area contributed by atoms with Gasteiger partial charge in [-0.05, 0) is 58.5 Å². The molecule has 0 heteroatoms. The van der Waals surface area contributed by atoms with Crippen molar-refractivity contribution in [3.8, 4) is 11.8 Å². The van der Waals surface area contributed by atoms with E-state index in [1.54, 1.807) is 0 Å². The van der Waals surface area contributed by atoms with Crippen molar-refractivity contribution in [2.75, 3.05) is 0 Å². The first kappa shape index (κ1) is 17.5. The zero-order valence-corrected chi connectivity index (χ0v) is 16.5. The van der Waals surface area contributed by atoms with Gasteiger partial charge in [0, 0.05) is 11.0 Å². The summed E-state index contributed by atoms with van der Waals surface area (Å²) in [7, 11) is 0. The molecule has 0 aliphatic heterocycles. The van der Waals surface area contributed by atoms with Crippen molar-refractivity contribution in [3.63, 3.8) is 0 Å². The zero-order chi connectivity index (χ0) is 19.7. The molecule has 0 nitrogen and oxygen atoms in total. The molecule has 0 heterocycles. The first-order chi connectivity index (χ1) is 14.3. The highest BCUT2D eigenvalue weighted by molar-refractivity contribution is 5.94. The van der Waals surface area contributed by atoms with Crippen molar-refractivity contribution < 1.29 is 0 Å². The third kappa shape index (κ3) is 2.96. The van der Waals surface area contributed by atoms with E-state index in [2.05, 4.69) is 115 Å². The average Bonchev–Trinajstić information content (AvgIpc) is 2.80. The molecule has 138 valence electrons. The minimum Gasteiger partial charge on any atom is -0.101 e. The SMILES string of the molecule is CC#Cc1ccc2c3c(ccc2c1)CC(c1ccccc1)(c1ccccc1)C=C3. The van der Waals surface area contributed by atoms with Crippen LogP contribution in [0.1, 0.15) is 34.7 Å². The predicted molar refractivity (Wildman–Crippen MR) is 123 cm³/mol. The maximum Gasteiger partial charge on any atom is 0.0425 e. The highest BCUT2D eigenvalue weighted by Gasteiger charge is 2.34. The number of fused-ring (bicyclic) bond motifs is 3. The lowest BCUT2D eigenvalue weighted by Crippen LogP contribution is -2.30. The van der Waals surface area contributed by atoms with Crippen molar-refractivity contribution in [3.05, 3.63) is 125 Å². The maximum absolute atomic E-state index is 3.17. The normalized spacial score (nSPS) is 14.1. The largest absolute Gasteiger partial charge is 0.101 e. The standard InChI is InChI=1S/C29H22/c1-2-9-22-14-17-27-23(20-22)15-16-24-21-29(19-18-28(24)27,25-10-5-3-6-11-25)26-12-7-4-8-13-26/h3-8,10-20H,21H2,1H3. The molecule has 0 spiro atoms. The molecule has 0 fully saturated rings. The first-order valence-electron chi connectivity index (χ1n) is 10.1. The van der Waals surface area contributed by atoms with Crippen LogP contribution in [0.4, 0.5) is 0 Å². The lowest BCUT2D eigenvalue weighted by molar-refractivity contribution is 0.634. The summed E-state index contributed by atoms with van der Waals surface area (Å²) >= 11 is 0. The fourth-order valence-corrected chi connectivity index (χ4v) is 4.59. The Hall–Kier alpha value is -3.56. The molecule has 4 aromatic rings. The summed E-state index contributed by atoms with van der Waals surface area (Å²) in [6.07, 6.45) is 5.69. The molecule has 0 radical (unpaired) electrons. The van der Waals surface area contributed by atoms with E-state index in [9.17, 15) is 0 Å². The number of benzene rings is 4. The Morgan fingerprint density at radius 2 is 1.45 bits per heavy atom. The fourth-order valence-electron chi connectivity index (χ4n) is 4.59. The molecule has 0 amide bonds. The van der Waals surface area contributed by atoms with E-state index >= 15 is 0 Å². The van der Waals surface area contributed by atoms with Gasteiger partial charge < -0.3 is 0 Å². The van der Waals surface area contributed by atoms with Crippen molar-refractivity contribution >= 4 is 16.8 Å². The Kier molecular flexibility index (Phi) is 4.30. The Labute approximate surface area is 172 Å². The molecule has 0 saturated heterocycles. The van der Waals surface area contributed by atoms with Crippen LogP contribution < -0.4 is 0 Å². The molecule has 0 atom stereocenters. The predicted octanol–water partition coefficient (Wildman–Crippen LogP) is 6.77. The molecule has 29 heavy (non-hydrogen) atoms. The Bertz CT molecular complexity index is 1230. The van der Waals surface area contributed by atoms with E-state index in [0.717, 1.165) is 12.0 Å². The Morgan fingerprint density at radius 1 is 0.759 bits per heavy atom. The van der Waals surface area contributed by atoms with Crippen LogP contribution in [0.15, 0.2) is 97.1 Å². The van der Waals surface area contributed by atoms with Crippen molar-refractivity contribution in [2.45, 2.75) is 18.8 Å².